The molecule has 1 aromatic rings. The lowest BCUT2D eigenvalue weighted by atomic mass is 10.0. The van der Waals surface area contributed by atoms with E-state index in [1.807, 2.05) is 21.8 Å². The lowest BCUT2D eigenvalue weighted by molar-refractivity contribution is 0.0779. The minimum Gasteiger partial charge on any atom is -0.337 e. The third-order valence-electron chi connectivity index (χ3n) is 4.29. The van der Waals surface area contributed by atoms with Gasteiger partial charge in [0.15, 0.2) is 0 Å². The molecule has 3 rings (SSSR count). The fourth-order valence-corrected chi connectivity index (χ4v) is 2.94. The molecule has 1 saturated carbocycles. The van der Waals surface area contributed by atoms with Gasteiger partial charge in [0.05, 0.1) is 0 Å². The first-order valence-electron chi connectivity index (χ1n) is 7.48. The summed E-state index contributed by atoms with van der Waals surface area (Å²) >= 11 is 0. The summed E-state index contributed by atoms with van der Waals surface area (Å²) in [6.45, 7) is 5.99. The van der Waals surface area contributed by atoms with Gasteiger partial charge in [-0.25, -0.2) is 0 Å². The summed E-state index contributed by atoms with van der Waals surface area (Å²) in [6.07, 6.45) is 7.21. The van der Waals surface area contributed by atoms with E-state index in [4.69, 9.17) is 0 Å². The molecule has 4 nitrogen and oxygen atoms in total. The van der Waals surface area contributed by atoms with Crippen molar-refractivity contribution in [2.24, 2.45) is 11.8 Å². The van der Waals surface area contributed by atoms with Gasteiger partial charge in [-0.05, 0) is 44.6 Å². The molecule has 1 aliphatic heterocycles. The minimum atomic E-state index is 0.109. The topological polar surface area (TPSA) is 38.1 Å². The maximum Gasteiger partial charge on any atom is 0.274 e. The molecule has 0 bridgehead atoms. The molecule has 1 amide bonds. The molecule has 104 valence electrons. The second-order valence-corrected chi connectivity index (χ2v) is 6.36. The highest BCUT2D eigenvalue weighted by atomic mass is 16.2. The van der Waals surface area contributed by atoms with Gasteiger partial charge in [0, 0.05) is 25.3 Å². The van der Waals surface area contributed by atoms with Crippen molar-refractivity contribution in [1.82, 2.24) is 14.7 Å². The van der Waals surface area contributed by atoms with Gasteiger partial charge in [0.1, 0.15) is 5.69 Å². The van der Waals surface area contributed by atoms with Crippen LogP contribution in [0, 0.1) is 11.8 Å². The third kappa shape index (κ3) is 2.82. The van der Waals surface area contributed by atoms with Crippen LogP contribution >= 0.6 is 0 Å². The maximum absolute atomic E-state index is 12.4. The van der Waals surface area contributed by atoms with Crippen LogP contribution in [0.25, 0.3) is 0 Å². The first-order valence-corrected chi connectivity index (χ1v) is 7.48. The van der Waals surface area contributed by atoms with E-state index in [9.17, 15) is 4.79 Å². The molecule has 19 heavy (non-hydrogen) atoms. The van der Waals surface area contributed by atoms with Crippen molar-refractivity contribution in [3.05, 3.63) is 18.0 Å². The number of carbonyl (C=O) groups is 1. The van der Waals surface area contributed by atoms with Crippen molar-refractivity contribution < 1.29 is 4.79 Å². The van der Waals surface area contributed by atoms with Crippen LogP contribution in [-0.2, 0) is 0 Å². The van der Waals surface area contributed by atoms with Crippen molar-refractivity contribution in [3.63, 3.8) is 0 Å². The quantitative estimate of drug-likeness (QED) is 0.836. The number of amides is 1. The standard InChI is InChI=1S/C15H23N3O/c1-11(2)18-8-6-14(16-18)15(19)17-7-5-13(10-17)9-12-3-4-12/h6,8,11-13H,3-5,7,9-10H2,1-2H3/t13-/m0/s1. The first kappa shape index (κ1) is 12.7. The van der Waals surface area contributed by atoms with Gasteiger partial charge >= 0.3 is 0 Å². The average Bonchev–Trinajstić information content (AvgIpc) is 2.91. The largest absolute Gasteiger partial charge is 0.337 e. The highest BCUT2D eigenvalue weighted by molar-refractivity contribution is 5.92. The number of rotatable bonds is 4. The summed E-state index contributed by atoms with van der Waals surface area (Å²) in [4.78, 5) is 14.4. The number of likely N-dealkylation sites (tertiary alicyclic amines) is 1. The van der Waals surface area contributed by atoms with Crippen molar-refractivity contribution in [1.29, 1.82) is 0 Å². The highest BCUT2D eigenvalue weighted by Gasteiger charge is 2.32. The van der Waals surface area contributed by atoms with Crippen molar-refractivity contribution in [2.45, 2.75) is 45.6 Å². The summed E-state index contributed by atoms with van der Waals surface area (Å²) in [5, 5.41) is 4.38. The van der Waals surface area contributed by atoms with Gasteiger partial charge in [-0.15, -0.1) is 0 Å². The Morgan fingerprint density at radius 3 is 2.79 bits per heavy atom. The molecule has 0 N–H and O–H groups in total. The molecule has 1 aliphatic carbocycles. The van der Waals surface area contributed by atoms with Gasteiger partial charge in [0.25, 0.3) is 5.91 Å². The Labute approximate surface area is 114 Å². The van der Waals surface area contributed by atoms with E-state index in [-0.39, 0.29) is 5.91 Å². The third-order valence-corrected chi connectivity index (χ3v) is 4.29. The van der Waals surface area contributed by atoms with E-state index in [0.29, 0.717) is 11.7 Å². The number of aromatic nitrogens is 2. The highest BCUT2D eigenvalue weighted by Crippen LogP contribution is 2.38. The molecule has 2 fully saturated rings. The van der Waals surface area contributed by atoms with Gasteiger partial charge in [-0.3, -0.25) is 9.48 Å². The SMILES string of the molecule is CC(C)n1ccc(C(=O)N2CC[C@@H](CC3CC3)C2)n1. The van der Waals surface area contributed by atoms with Gasteiger partial charge in [-0.1, -0.05) is 12.8 Å². The van der Waals surface area contributed by atoms with Crippen molar-refractivity contribution >= 4 is 5.91 Å². The Morgan fingerprint density at radius 2 is 2.16 bits per heavy atom. The zero-order valence-electron chi connectivity index (χ0n) is 11.9. The predicted octanol–water partition coefficient (Wildman–Crippen LogP) is 2.73. The van der Waals surface area contributed by atoms with E-state index in [0.717, 1.165) is 24.9 Å². The molecule has 1 saturated heterocycles. The van der Waals surface area contributed by atoms with Crippen LogP contribution in [0.5, 0.6) is 0 Å². The van der Waals surface area contributed by atoms with Crippen LogP contribution in [0.1, 0.15) is 56.1 Å². The Hall–Kier alpha value is -1.32. The van der Waals surface area contributed by atoms with Crippen molar-refractivity contribution in [2.75, 3.05) is 13.1 Å². The smallest absolute Gasteiger partial charge is 0.274 e. The summed E-state index contributed by atoms with van der Waals surface area (Å²) in [5.74, 6) is 1.79. The zero-order valence-corrected chi connectivity index (χ0v) is 11.9. The Bertz CT molecular complexity index is 462. The predicted molar refractivity (Wildman–Crippen MR) is 74.0 cm³/mol. The van der Waals surface area contributed by atoms with Gasteiger partial charge in [0.2, 0.25) is 0 Å². The average molecular weight is 261 g/mol. The lowest BCUT2D eigenvalue weighted by Gasteiger charge is -2.15. The van der Waals surface area contributed by atoms with E-state index < -0.39 is 0 Å². The van der Waals surface area contributed by atoms with E-state index >= 15 is 0 Å². The second kappa shape index (κ2) is 4.99. The molecule has 1 aromatic heterocycles. The van der Waals surface area contributed by atoms with E-state index in [1.54, 1.807) is 0 Å². The summed E-state index contributed by atoms with van der Waals surface area (Å²) in [7, 11) is 0. The molecular formula is C15H23N3O. The monoisotopic (exact) mass is 261 g/mol. The van der Waals surface area contributed by atoms with Crippen LogP contribution in [-0.4, -0.2) is 33.7 Å². The second-order valence-electron chi connectivity index (χ2n) is 6.36. The zero-order chi connectivity index (χ0) is 13.4. The van der Waals surface area contributed by atoms with Gasteiger partial charge < -0.3 is 4.90 Å². The number of hydrogen-bond donors (Lipinski definition) is 0. The van der Waals surface area contributed by atoms with Crippen molar-refractivity contribution in [3.8, 4) is 0 Å². The normalized spacial score (nSPS) is 23.3. The summed E-state index contributed by atoms with van der Waals surface area (Å²) in [5.41, 5.74) is 0.598. The minimum absolute atomic E-state index is 0.109. The molecule has 0 radical (unpaired) electrons. The molecule has 4 heteroatoms. The van der Waals surface area contributed by atoms with Crippen LogP contribution in [0.15, 0.2) is 12.3 Å². The van der Waals surface area contributed by atoms with Crippen LogP contribution in [0.4, 0.5) is 0 Å². The van der Waals surface area contributed by atoms with E-state index in [1.165, 1.54) is 25.7 Å². The van der Waals surface area contributed by atoms with E-state index in [2.05, 4.69) is 18.9 Å². The molecule has 2 aliphatic rings. The molecular weight excluding hydrogens is 238 g/mol. The Morgan fingerprint density at radius 1 is 1.37 bits per heavy atom. The molecule has 0 aromatic carbocycles. The fraction of sp³-hybridized carbons (Fsp3) is 0.733. The van der Waals surface area contributed by atoms with Gasteiger partial charge in [-0.2, -0.15) is 5.10 Å². The molecule has 0 unspecified atom stereocenters. The lowest BCUT2D eigenvalue weighted by Crippen LogP contribution is -2.29. The molecule has 0 spiro atoms. The van der Waals surface area contributed by atoms with Crippen LogP contribution in [0.2, 0.25) is 0 Å². The molecule has 1 atom stereocenters. The number of nitrogens with zero attached hydrogens (tertiary/aromatic N) is 3. The fourth-order valence-electron chi connectivity index (χ4n) is 2.94. The number of carbonyl (C=O) groups excluding carboxylic acids is 1. The first-order chi connectivity index (χ1) is 9.13. The maximum atomic E-state index is 12.4. The molecule has 2 heterocycles. The summed E-state index contributed by atoms with van der Waals surface area (Å²) in [6, 6.07) is 2.15. The Kier molecular flexibility index (Phi) is 3.33. The summed E-state index contributed by atoms with van der Waals surface area (Å²) < 4.78 is 1.85. The van der Waals surface area contributed by atoms with Crippen LogP contribution < -0.4 is 0 Å². The number of hydrogen-bond acceptors (Lipinski definition) is 2. The Balaban J connectivity index is 1.60. The van der Waals surface area contributed by atoms with Crippen LogP contribution in [0.3, 0.4) is 0 Å².